The van der Waals surface area contributed by atoms with E-state index in [0.717, 1.165) is 5.56 Å². The lowest BCUT2D eigenvalue weighted by Gasteiger charge is -2.24. The van der Waals surface area contributed by atoms with Crippen LogP contribution in [0.1, 0.15) is 44.9 Å². The molecule has 3 rings (SSSR count). The number of nitrogens with one attached hydrogen (secondary N) is 3. The Hall–Kier alpha value is -2.37. The van der Waals surface area contributed by atoms with Crippen LogP contribution in [0.15, 0.2) is 54.6 Å². The average molecular weight is 367 g/mol. The lowest BCUT2D eigenvalue weighted by molar-refractivity contribution is -0.124. The van der Waals surface area contributed by atoms with Gasteiger partial charge in [-0.05, 0) is 35.6 Å². The molecule has 0 spiro atoms. The molecule has 1 saturated heterocycles. The van der Waals surface area contributed by atoms with Gasteiger partial charge in [0.2, 0.25) is 0 Å². The van der Waals surface area contributed by atoms with E-state index < -0.39 is 0 Å². The summed E-state index contributed by atoms with van der Waals surface area (Å²) >= 11 is 0. The quantitative estimate of drug-likeness (QED) is 0.760. The average Bonchev–Trinajstić information content (AvgIpc) is 3.01. The Morgan fingerprint density at radius 2 is 1.70 bits per heavy atom. The van der Waals surface area contributed by atoms with Gasteiger partial charge in [0, 0.05) is 6.04 Å². The molecule has 1 fully saturated rings. The molecule has 1 aliphatic heterocycles. The highest BCUT2D eigenvalue weighted by atomic mass is 16.5. The van der Waals surface area contributed by atoms with Crippen LogP contribution < -0.4 is 20.9 Å². The Kier molecular flexibility index (Phi) is 5.82. The first kappa shape index (κ1) is 19.4. The fourth-order valence-electron chi connectivity index (χ4n) is 3.27. The largest absolute Gasteiger partial charge is 0.484 e. The Bertz CT molecular complexity index is 753. The predicted molar refractivity (Wildman–Crippen MR) is 107 cm³/mol. The van der Waals surface area contributed by atoms with E-state index in [4.69, 9.17) is 4.74 Å². The van der Waals surface area contributed by atoms with Gasteiger partial charge in [0.15, 0.2) is 6.61 Å². The van der Waals surface area contributed by atoms with Crippen LogP contribution in [0.2, 0.25) is 0 Å². The summed E-state index contributed by atoms with van der Waals surface area (Å²) in [5.41, 5.74) is 9.10. The van der Waals surface area contributed by atoms with E-state index in [1.165, 1.54) is 5.56 Å². The third-order valence-electron chi connectivity index (χ3n) is 4.94. The highest BCUT2D eigenvalue weighted by Crippen LogP contribution is 2.27. The van der Waals surface area contributed by atoms with Crippen molar-refractivity contribution in [3.05, 3.63) is 65.7 Å². The molecule has 0 saturated carbocycles. The van der Waals surface area contributed by atoms with Crippen LogP contribution in [0, 0.1) is 0 Å². The van der Waals surface area contributed by atoms with Gasteiger partial charge in [0.05, 0.1) is 12.1 Å². The first-order valence-corrected chi connectivity index (χ1v) is 9.43. The second-order valence-corrected chi connectivity index (χ2v) is 8.12. The maximum absolute atomic E-state index is 12.4. The molecule has 0 aliphatic carbocycles. The number of amides is 1. The van der Waals surface area contributed by atoms with Crippen molar-refractivity contribution in [2.45, 2.75) is 51.2 Å². The minimum absolute atomic E-state index is 0.00289. The summed E-state index contributed by atoms with van der Waals surface area (Å²) in [6.07, 6.45) is 0. The van der Waals surface area contributed by atoms with Gasteiger partial charge in [-0.25, -0.2) is 5.43 Å². The zero-order chi connectivity index (χ0) is 19.4. The number of carbonyl (C=O) groups is 1. The molecule has 1 amide bonds. The molecular weight excluding hydrogens is 338 g/mol. The van der Waals surface area contributed by atoms with Crippen LogP contribution in [-0.2, 0) is 10.2 Å². The molecule has 3 atom stereocenters. The van der Waals surface area contributed by atoms with E-state index in [-0.39, 0.29) is 36.1 Å². The minimum atomic E-state index is -0.127. The summed E-state index contributed by atoms with van der Waals surface area (Å²) in [6, 6.07) is 18.0. The van der Waals surface area contributed by atoms with Gasteiger partial charge in [0.25, 0.3) is 5.91 Å². The molecule has 1 aliphatic rings. The number of hydrogen-bond acceptors (Lipinski definition) is 4. The fraction of sp³-hybridized carbons (Fsp3) is 0.409. The molecule has 1 heterocycles. The van der Waals surface area contributed by atoms with Crippen LogP contribution in [0.5, 0.6) is 5.75 Å². The summed E-state index contributed by atoms with van der Waals surface area (Å²) < 4.78 is 5.55. The van der Waals surface area contributed by atoms with Crippen LogP contribution in [0.4, 0.5) is 0 Å². The molecule has 27 heavy (non-hydrogen) atoms. The predicted octanol–water partition coefficient (Wildman–Crippen LogP) is 3.09. The normalized spacial score (nSPS) is 22.4. The van der Waals surface area contributed by atoms with Crippen LogP contribution in [-0.4, -0.2) is 24.6 Å². The van der Waals surface area contributed by atoms with E-state index in [9.17, 15) is 4.79 Å². The molecule has 0 bridgehead atoms. The maximum atomic E-state index is 12.4. The van der Waals surface area contributed by atoms with Crippen LogP contribution in [0.3, 0.4) is 0 Å². The number of carbonyl (C=O) groups excluding carboxylic acids is 1. The van der Waals surface area contributed by atoms with Crippen molar-refractivity contribution in [1.82, 2.24) is 16.2 Å². The summed E-state index contributed by atoms with van der Waals surface area (Å²) in [4.78, 5) is 12.4. The zero-order valence-corrected chi connectivity index (χ0v) is 16.5. The van der Waals surface area contributed by atoms with E-state index in [2.05, 4.69) is 68.1 Å². The molecule has 144 valence electrons. The van der Waals surface area contributed by atoms with Gasteiger partial charge in [0.1, 0.15) is 5.75 Å². The van der Waals surface area contributed by atoms with E-state index in [1.54, 1.807) is 0 Å². The van der Waals surface area contributed by atoms with Gasteiger partial charge in [-0.15, -0.1) is 0 Å². The highest BCUT2D eigenvalue weighted by Gasteiger charge is 2.35. The number of para-hydroxylation sites is 1. The molecule has 3 unspecified atom stereocenters. The van der Waals surface area contributed by atoms with Crippen molar-refractivity contribution in [3.8, 4) is 5.75 Å². The molecule has 2 aromatic rings. The van der Waals surface area contributed by atoms with Gasteiger partial charge in [-0.2, -0.15) is 0 Å². The first-order chi connectivity index (χ1) is 12.8. The second kappa shape index (κ2) is 8.11. The number of ether oxygens (including phenoxy) is 1. The van der Waals surface area contributed by atoms with Gasteiger partial charge < -0.3 is 10.1 Å². The number of benzene rings is 2. The highest BCUT2D eigenvalue weighted by molar-refractivity contribution is 5.78. The summed E-state index contributed by atoms with van der Waals surface area (Å²) in [5.74, 6) is 0.565. The SMILES string of the molecule is CC1NNC(c2ccc(C(C)(C)C)cc2)C1NC(=O)COc1ccccc1. The molecule has 5 heteroatoms. The van der Waals surface area contributed by atoms with Gasteiger partial charge in [-0.3, -0.25) is 10.2 Å². The Morgan fingerprint density at radius 3 is 2.33 bits per heavy atom. The lowest BCUT2D eigenvalue weighted by Crippen LogP contribution is -2.46. The van der Waals surface area contributed by atoms with Gasteiger partial charge >= 0.3 is 0 Å². The zero-order valence-electron chi connectivity index (χ0n) is 16.5. The van der Waals surface area contributed by atoms with Crippen molar-refractivity contribution in [2.24, 2.45) is 0 Å². The van der Waals surface area contributed by atoms with Crippen molar-refractivity contribution < 1.29 is 9.53 Å². The van der Waals surface area contributed by atoms with E-state index >= 15 is 0 Å². The van der Waals surface area contributed by atoms with Gasteiger partial charge in [-0.1, -0.05) is 63.2 Å². The second-order valence-electron chi connectivity index (χ2n) is 8.12. The van der Waals surface area contributed by atoms with E-state index in [1.807, 2.05) is 30.3 Å². The number of rotatable bonds is 5. The van der Waals surface area contributed by atoms with Crippen molar-refractivity contribution in [1.29, 1.82) is 0 Å². The van der Waals surface area contributed by atoms with Crippen LogP contribution in [0.25, 0.3) is 0 Å². The molecule has 3 N–H and O–H groups in total. The Balaban J connectivity index is 1.63. The maximum Gasteiger partial charge on any atom is 0.258 e. The monoisotopic (exact) mass is 367 g/mol. The Morgan fingerprint density at radius 1 is 1.04 bits per heavy atom. The third-order valence-corrected chi connectivity index (χ3v) is 4.94. The topological polar surface area (TPSA) is 62.4 Å². The van der Waals surface area contributed by atoms with E-state index in [0.29, 0.717) is 5.75 Å². The molecule has 0 radical (unpaired) electrons. The smallest absolute Gasteiger partial charge is 0.258 e. The first-order valence-electron chi connectivity index (χ1n) is 9.43. The van der Waals surface area contributed by atoms with Crippen LogP contribution >= 0.6 is 0 Å². The summed E-state index contributed by atoms with van der Waals surface area (Å²) in [6.45, 7) is 8.67. The lowest BCUT2D eigenvalue weighted by atomic mass is 9.85. The summed E-state index contributed by atoms with van der Waals surface area (Å²) in [5, 5.41) is 3.10. The molecule has 2 aromatic carbocycles. The van der Waals surface area contributed by atoms with Crippen molar-refractivity contribution in [2.75, 3.05) is 6.61 Å². The Labute approximate surface area is 161 Å². The summed E-state index contributed by atoms with van der Waals surface area (Å²) in [7, 11) is 0. The van der Waals surface area contributed by atoms with Crippen molar-refractivity contribution >= 4 is 5.91 Å². The van der Waals surface area contributed by atoms with Crippen molar-refractivity contribution in [3.63, 3.8) is 0 Å². The molecular formula is C22H29N3O2. The fourth-order valence-corrected chi connectivity index (χ4v) is 3.27. The third kappa shape index (κ3) is 4.87. The molecule has 5 nitrogen and oxygen atoms in total. The minimum Gasteiger partial charge on any atom is -0.484 e. The standard InChI is InChI=1S/C22H29N3O2/c1-15-20(23-19(26)14-27-18-8-6-5-7-9-18)21(25-24-15)16-10-12-17(13-11-16)22(2,3)4/h5-13,15,20-21,24-25H,14H2,1-4H3,(H,23,26). The number of hydrogen-bond donors (Lipinski definition) is 3. The number of hydrazine groups is 1. The molecule has 0 aromatic heterocycles.